The second-order valence-corrected chi connectivity index (χ2v) is 7.72. The first-order valence-electron chi connectivity index (χ1n) is 7.01. The number of nitrogens with zero attached hydrogens (tertiary/aromatic N) is 1. The lowest BCUT2D eigenvalue weighted by Gasteiger charge is -2.19. The summed E-state index contributed by atoms with van der Waals surface area (Å²) in [6.45, 7) is -0.109. The van der Waals surface area contributed by atoms with Gasteiger partial charge in [0.15, 0.2) is 0 Å². The summed E-state index contributed by atoms with van der Waals surface area (Å²) in [5.41, 5.74) is -0.532. The summed E-state index contributed by atoms with van der Waals surface area (Å²) in [6, 6.07) is 8.33. The zero-order valence-corrected chi connectivity index (χ0v) is 14.9. The molecule has 0 heterocycles. The summed E-state index contributed by atoms with van der Waals surface area (Å²) in [6.07, 6.45) is -4.62. The highest BCUT2D eigenvalue weighted by Crippen LogP contribution is 2.31. The first-order chi connectivity index (χ1) is 11.6. The van der Waals surface area contributed by atoms with Crippen molar-refractivity contribution >= 4 is 21.6 Å². The molecular formula is C16H15ClF3NO3S. The van der Waals surface area contributed by atoms with Gasteiger partial charge in [0, 0.05) is 24.2 Å². The summed E-state index contributed by atoms with van der Waals surface area (Å²) < 4.78 is 69.7. The Kier molecular flexibility index (Phi) is 5.65. The van der Waals surface area contributed by atoms with Gasteiger partial charge in [-0.1, -0.05) is 17.7 Å². The normalized spacial score (nSPS) is 12.4. The zero-order valence-electron chi connectivity index (χ0n) is 13.3. The smallest absolute Gasteiger partial charge is 0.416 e. The van der Waals surface area contributed by atoms with Crippen molar-refractivity contribution < 1.29 is 26.3 Å². The highest BCUT2D eigenvalue weighted by molar-refractivity contribution is 7.89. The predicted molar refractivity (Wildman–Crippen MR) is 88.1 cm³/mol. The maximum Gasteiger partial charge on any atom is 0.416 e. The van der Waals surface area contributed by atoms with E-state index in [-0.39, 0.29) is 6.54 Å². The minimum absolute atomic E-state index is 0.109. The monoisotopic (exact) mass is 393 g/mol. The van der Waals surface area contributed by atoms with Crippen LogP contribution >= 0.6 is 11.6 Å². The Morgan fingerprint density at radius 1 is 1.16 bits per heavy atom. The van der Waals surface area contributed by atoms with Crippen molar-refractivity contribution in [3.63, 3.8) is 0 Å². The molecule has 0 aliphatic rings. The second kappa shape index (κ2) is 7.23. The summed E-state index contributed by atoms with van der Waals surface area (Å²) >= 11 is 5.91. The van der Waals surface area contributed by atoms with Crippen LogP contribution in [-0.2, 0) is 22.7 Å². The van der Waals surface area contributed by atoms with Gasteiger partial charge >= 0.3 is 6.18 Å². The van der Waals surface area contributed by atoms with Crippen LogP contribution in [0.4, 0.5) is 13.2 Å². The fourth-order valence-corrected chi connectivity index (χ4v) is 3.60. The molecule has 2 aromatic carbocycles. The molecule has 4 nitrogen and oxygen atoms in total. The van der Waals surface area contributed by atoms with Gasteiger partial charge in [-0.25, -0.2) is 8.42 Å². The van der Waals surface area contributed by atoms with Gasteiger partial charge < -0.3 is 4.74 Å². The van der Waals surface area contributed by atoms with E-state index in [2.05, 4.69) is 0 Å². The maximum absolute atomic E-state index is 12.8. The highest BCUT2D eigenvalue weighted by Gasteiger charge is 2.32. The third-order valence-corrected chi connectivity index (χ3v) is 5.54. The minimum Gasteiger partial charge on any atom is -0.496 e. The molecule has 0 amide bonds. The summed E-state index contributed by atoms with van der Waals surface area (Å²) in [5.74, 6) is 0.426. The number of ether oxygens (including phenoxy) is 1. The Balaban J connectivity index is 2.36. The third kappa shape index (κ3) is 4.45. The first-order valence-corrected chi connectivity index (χ1v) is 8.83. The zero-order chi connectivity index (χ0) is 18.8. The standard InChI is InChI=1S/C16H15ClF3NO3S/c1-21(10-11-8-13(17)6-7-15(11)24-2)25(22,23)14-5-3-4-12(9-14)16(18,19)20/h3-9H,10H2,1-2H3. The molecular weight excluding hydrogens is 379 g/mol. The number of methoxy groups -OCH3 is 1. The fraction of sp³-hybridized carbons (Fsp3) is 0.250. The number of halogens is 4. The lowest BCUT2D eigenvalue weighted by atomic mass is 10.2. The number of sulfonamides is 1. The van der Waals surface area contributed by atoms with Crippen LogP contribution in [0.1, 0.15) is 11.1 Å². The van der Waals surface area contributed by atoms with Crippen molar-refractivity contribution in [2.24, 2.45) is 0 Å². The van der Waals surface area contributed by atoms with E-state index >= 15 is 0 Å². The van der Waals surface area contributed by atoms with Crippen LogP contribution in [0.25, 0.3) is 0 Å². The lowest BCUT2D eigenvalue weighted by Crippen LogP contribution is -2.27. The largest absolute Gasteiger partial charge is 0.496 e. The third-order valence-electron chi connectivity index (χ3n) is 3.50. The molecule has 0 unspecified atom stereocenters. The number of hydrogen-bond acceptors (Lipinski definition) is 3. The van der Waals surface area contributed by atoms with E-state index in [4.69, 9.17) is 16.3 Å². The average molecular weight is 394 g/mol. The van der Waals surface area contributed by atoms with Gasteiger partial charge in [0.2, 0.25) is 10.0 Å². The second-order valence-electron chi connectivity index (χ2n) is 5.24. The summed E-state index contributed by atoms with van der Waals surface area (Å²) in [7, 11) is -1.42. The Bertz CT molecular complexity index is 869. The van der Waals surface area contributed by atoms with E-state index in [0.29, 0.717) is 22.4 Å². The molecule has 0 N–H and O–H groups in total. The molecule has 2 rings (SSSR count). The van der Waals surface area contributed by atoms with Crippen molar-refractivity contribution in [1.29, 1.82) is 0 Å². The quantitative estimate of drug-likeness (QED) is 0.765. The van der Waals surface area contributed by atoms with Crippen molar-refractivity contribution in [3.05, 3.63) is 58.6 Å². The Morgan fingerprint density at radius 2 is 1.84 bits per heavy atom. The topological polar surface area (TPSA) is 46.6 Å². The van der Waals surface area contributed by atoms with Crippen molar-refractivity contribution in [1.82, 2.24) is 4.31 Å². The van der Waals surface area contributed by atoms with Gasteiger partial charge in [-0.15, -0.1) is 0 Å². The predicted octanol–water partition coefficient (Wildman–Crippen LogP) is 4.19. The van der Waals surface area contributed by atoms with E-state index in [1.54, 1.807) is 18.2 Å². The van der Waals surface area contributed by atoms with Crippen LogP contribution in [0, 0.1) is 0 Å². The van der Waals surface area contributed by atoms with Crippen LogP contribution < -0.4 is 4.74 Å². The van der Waals surface area contributed by atoms with Gasteiger partial charge in [0.1, 0.15) is 5.75 Å². The van der Waals surface area contributed by atoms with Gasteiger partial charge in [-0.3, -0.25) is 0 Å². The average Bonchev–Trinajstić information content (AvgIpc) is 2.54. The molecule has 0 spiro atoms. The van der Waals surface area contributed by atoms with Crippen LogP contribution in [0.15, 0.2) is 47.4 Å². The van der Waals surface area contributed by atoms with Crippen LogP contribution in [0.5, 0.6) is 5.75 Å². The van der Waals surface area contributed by atoms with Gasteiger partial charge in [-0.2, -0.15) is 17.5 Å². The molecule has 2 aromatic rings. The first kappa shape index (κ1) is 19.6. The van der Waals surface area contributed by atoms with Crippen molar-refractivity contribution in [2.75, 3.05) is 14.2 Å². The van der Waals surface area contributed by atoms with Gasteiger partial charge in [0.05, 0.1) is 17.6 Å². The van der Waals surface area contributed by atoms with E-state index in [9.17, 15) is 21.6 Å². The number of benzene rings is 2. The molecule has 25 heavy (non-hydrogen) atoms. The van der Waals surface area contributed by atoms with Gasteiger partial charge in [0.25, 0.3) is 0 Å². The van der Waals surface area contributed by atoms with Gasteiger partial charge in [-0.05, 0) is 36.4 Å². The van der Waals surface area contributed by atoms with E-state index in [1.165, 1.54) is 14.2 Å². The van der Waals surface area contributed by atoms with Crippen LogP contribution in [-0.4, -0.2) is 26.9 Å². The summed E-state index contributed by atoms with van der Waals surface area (Å²) in [5, 5.41) is 0.390. The molecule has 136 valence electrons. The van der Waals surface area contributed by atoms with Crippen molar-refractivity contribution in [2.45, 2.75) is 17.6 Å². The van der Waals surface area contributed by atoms with Crippen LogP contribution in [0.2, 0.25) is 5.02 Å². The number of alkyl halides is 3. The van der Waals surface area contributed by atoms with Crippen molar-refractivity contribution in [3.8, 4) is 5.75 Å². The summed E-state index contributed by atoms with van der Waals surface area (Å²) in [4.78, 5) is -0.439. The Morgan fingerprint density at radius 3 is 2.44 bits per heavy atom. The highest BCUT2D eigenvalue weighted by atomic mass is 35.5. The molecule has 0 atom stereocenters. The molecule has 0 saturated carbocycles. The number of rotatable bonds is 5. The van der Waals surface area contributed by atoms with E-state index in [1.807, 2.05) is 0 Å². The molecule has 0 aromatic heterocycles. The lowest BCUT2D eigenvalue weighted by molar-refractivity contribution is -0.137. The Hall–Kier alpha value is -1.77. The molecule has 0 fully saturated rings. The molecule has 0 aliphatic carbocycles. The molecule has 0 bridgehead atoms. The molecule has 0 aliphatic heterocycles. The van der Waals surface area contributed by atoms with E-state index in [0.717, 1.165) is 22.5 Å². The Labute approximate surface area is 148 Å². The molecule has 0 saturated heterocycles. The maximum atomic E-state index is 12.8. The van der Waals surface area contributed by atoms with E-state index < -0.39 is 26.7 Å². The number of hydrogen-bond donors (Lipinski definition) is 0. The molecule has 0 radical (unpaired) electrons. The molecule has 9 heteroatoms. The fourth-order valence-electron chi connectivity index (χ4n) is 2.21. The minimum atomic E-state index is -4.62. The van der Waals surface area contributed by atoms with Crippen LogP contribution in [0.3, 0.4) is 0 Å². The SMILES string of the molecule is COc1ccc(Cl)cc1CN(C)S(=O)(=O)c1cccc(C(F)(F)F)c1.